The Kier molecular flexibility index (Phi) is 5.91. The highest BCUT2D eigenvalue weighted by molar-refractivity contribution is 6.01. The van der Waals surface area contributed by atoms with Crippen LogP contribution in [0.3, 0.4) is 0 Å². The summed E-state index contributed by atoms with van der Waals surface area (Å²) in [6.45, 7) is 2.71. The Labute approximate surface area is 149 Å². The van der Waals surface area contributed by atoms with Crippen molar-refractivity contribution in [3.05, 3.63) is 29.6 Å². The average molecular weight is 365 g/mol. The van der Waals surface area contributed by atoms with Gasteiger partial charge in [0.2, 0.25) is 17.7 Å². The molecule has 0 aliphatic carbocycles. The molecule has 3 N–H and O–H groups in total. The summed E-state index contributed by atoms with van der Waals surface area (Å²) in [4.78, 5) is 48.4. The van der Waals surface area contributed by atoms with Gasteiger partial charge in [0.1, 0.15) is 11.9 Å². The molecule has 1 aromatic carbocycles. The van der Waals surface area contributed by atoms with Crippen LogP contribution in [0.2, 0.25) is 0 Å². The Hall–Kier alpha value is -2.97. The van der Waals surface area contributed by atoms with Gasteiger partial charge in [0.25, 0.3) is 0 Å². The molecule has 0 radical (unpaired) electrons. The molecule has 140 valence electrons. The molecule has 1 aromatic rings. The first kappa shape index (κ1) is 19.4. The van der Waals surface area contributed by atoms with Crippen molar-refractivity contribution < 1.29 is 28.7 Å². The van der Waals surface area contributed by atoms with Crippen molar-refractivity contribution in [3.63, 3.8) is 0 Å². The Morgan fingerprint density at radius 3 is 2.73 bits per heavy atom. The minimum absolute atomic E-state index is 0.0273. The van der Waals surface area contributed by atoms with Crippen LogP contribution in [0.1, 0.15) is 31.7 Å². The van der Waals surface area contributed by atoms with Crippen molar-refractivity contribution >= 4 is 29.4 Å². The number of nitrogens with zero attached hydrogens (tertiary/aromatic N) is 1. The van der Waals surface area contributed by atoms with Crippen molar-refractivity contribution in [2.24, 2.45) is 0 Å². The van der Waals surface area contributed by atoms with E-state index in [4.69, 9.17) is 0 Å². The van der Waals surface area contributed by atoms with E-state index in [0.717, 1.165) is 11.0 Å². The van der Waals surface area contributed by atoms with Crippen molar-refractivity contribution in [3.8, 4) is 0 Å². The van der Waals surface area contributed by atoms with Crippen molar-refractivity contribution in [2.75, 3.05) is 18.4 Å². The maximum atomic E-state index is 13.4. The van der Waals surface area contributed by atoms with E-state index in [0.29, 0.717) is 5.56 Å². The van der Waals surface area contributed by atoms with Crippen LogP contribution in [0.5, 0.6) is 0 Å². The third kappa shape index (κ3) is 4.35. The van der Waals surface area contributed by atoms with Crippen molar-refractivity contribution in [2.45, 2.75) is 32.2 Å². The quantitative estimate of drug-likeness (QED) is 0.686. The first-order valence-corrected chi connectivity index (χ1v) is 8.07. The predicted octanol–water partition coefficient (Wildman–Crippen LogP) is 0.689. The fourth-order valence-corrected chi connectivity index (χ4v) is 2.84. The predicted molar refractivity (Wildman–Crippen MR) is 89.9 cm³/mol. The summed E-state index contributed by atoms with van der Waals surface area (Å²) in [5.41, 5.74) is 0.627. The average Bonchev–Trinajstić information content (AvgIpc) is 2.56. The molecule has 3 amide bonds. The SMILES string of the molecule is CC(=O)NCCN(C(=O)C1CC(=O)Nc2cc(F)ccc21)C(C)C(=O)O. The number of aliphatic carboxylic acids is 1. The van der Waals surface area contributed by atoms with E-state index in [2.05, 4.69) is 10.6 Å². The van der Waals surface area contributed by atoms with Crippen LogP contribution in [-0.4, -0.2) is 52.8 Å². The third-order valence-electron chi connectivity index (χ3n) is 4.19. The van der Waals surface area contributed by atoms with Crippen LogP contribution < -0.4 is 10.6 Å². The van der Waals surface area contributed by atoms with Crippen LogP contribution in [0, 0.1) is 5.82 Å². The van der Waals surface area contributed by atoms with Crippen molar-refractivity contribution in [1.82, 2.24) is 10.2 Å². The molecular formula is C17H20FN3O5. The Morgan fingerprint density at radius 1 is 1.42 bits per heavy atom. The molecule has 2 atom stereocenters. The molecule has 0 bridgehead atoms. The number of halogens is 1. The number of carbonyl (C=O) groups is 4. The van der Waals surface area contributed by atoms with Crippen LogP contribution in [0.15, 0.2) is 18.2 Å². The number of rotatable bonds is 6. The Bertz CT molecular complexity index is 752. The van der Waals surface area contributed by atoms with Gasteiger partial charge in [-0.15, -0.1) is 0 Å². The molecule has 0 saturated heterocycles. The molecule has 9 heteroatoms. The first-order chi connectivity index (χ1) is 12.2. The zero-order valence-electron chi connectivity index (χ0n) is 14.4. The number of nitrogens with one attached hydrogen (secondary N) is 2. The highest BCUT2D eigenvalue weighted by Gasteiger charge is 2.36. The van der Waals surface area contributed by atoms with E-state index in [1.807, 2.05) is 0 Å². The molecule has 1 aliphatic heterocycles. The third-order valence-corrected chi connectivity index (χ3v) is 4.19. The molecule has 1 aliphatic rings. The lowest BCUT2D eigenvalue weighted by atomic mass is 9.89. The number of hydrogen-bond acceptors (Lipinski definition) is 4. The minimum Gasteiger partial charge on any atom is -0.480 e. The second-order valence-corrected chi connectivity index (χ2v) is 6.07. The number of carboxylic acid groups (broad SMARTS) is 1. The largest absolute Gasteiger partial charge is 0.480 e. The summed E-state index contributed by atoms with van der Waals surface area (Å²) in [5.74, 6) is -4.00. The minimum atomic E-state index is -1.21. The smallest absolute Gasteiger partial charge is 0.326 e. The summed E-state index contributed by atoms with van der Waals surface area (Å²) in [6.07, 6.45) is -0.166. The van der Waals surface area contributed by atoms with Gasteiger partial charge in [0.05, 0.1) is 5.92 Å². The molecule has 0 spiro atoms. The van der Waals surface area contributed by atoms with Gasteiger partial charge in [-0.1, -0.05) is 6.07 Å². The van der Waals surface area contributed by atoms with Gasteiger partial charge in [-0.05, 0) is 24.6 Å². The lowest BCUT2D eigenvalue weighted by molar-refractivity contribution is -0.150. The molecule has 0 aromatic heterocycles. The van der Waals surface area contributed by atoms with Crippen molar-refractivity contribution in [1.29, 1.82) is 0 Å². The number of fused-ring (bicyclic) bond motifs is 1. The summed E-state index contributed by atoms with van der Waals surface area (Å²) >= 11 is 0. The van der Waals surface area contributed by atoms with Gasteiger partial charge >= 0.3 is 5.97 Å². The van der Waals surface area contributed by atoms with E-state index < -0.39 is 35.6 Å². The van der Waals surface area contributed by atoms with Crippen LogP contribution in [0.4, 0.5) is 10.1 Å². The fraction of sp³-hybridized carbons (Fsp3) is 0.412. The summed E-state index contributed by atoms with van der Waals surface area (Å²) in [5, 5.41) is 14.3. The number of amides is 3. The van der Waals surface area contributed by atoms with Gasteiger partial charge in [0, 0.05) is 32.1 Å². The van der Waals surface area contributed by atoms with Gasteiger partial charge in [0.15, 0.2) is 0 Å². The normalized spacial score (nSPS) is 16.9. The maximum absolute atomic E-state index is 13.4. The summed E-state index contributed by atoms with van der Waals surface area (Å²) in [6, 6.07) is 2.56. The van der Waals surface area contributed by atoms with Gasteiger partial charge in [-0.3, -0.25) is 14.4 Å². The zero-order chi connectivity index (χ0) is 19.4. The summed E-state index contributed by atoms with van der Waals surface area (Å²) < 4.78 is 13.4. The molecular weight excluding hydrogens is 345 g/mol. The highest BCUT2D eigenvalue weighted by atomic mass is 19.1. The lowest BCUT2D eigenvalue weighted by Crippen LogP contribution is -2.49. The number of carbonyl (C=O) groups excluding carboxylic acids is 3. The first-order valence-electron chi connectivity index (χ1n) is 8.07. The van der Waals surface area contributed by atoms with E-state index in [-0.39, 0.29) is 31.1 Å². The van der Waals surface area contributed by atoms with Gasteiger partial charge in [-0.2, -0.15) is 0 Å². The second kappa shape index (κ2) is 7.94. The zero-order valence-corrected chi connectivity index (χ0v) is 14.4. The highest BCUT2D eigenvalue weighted by Crippen LogP contribution is 2.34. The molecule has 0 fully saturated rings. The van der Waals surface area contributed by atoms with Gasteiger partial charge in [-0.25, -0.2) is 9.18 Å². The number of anilines is 1. The molecule has 1 heterocycles. The van der Waals surface area contributed by atoms with Crippen LogP contribution in [-0.2, 0) is 19.2 Å². The topological polar surface area (TPSA) is 116 Å². The molecule has 8 nitrogen and oxygen atoms in total. The molecule has 0 saturated carbocycles. The molecule has 2 rings (SSSR count). The number of benzene rings is 1. The standard InChI is InChI=1S/C17H20FN3O5/c1-9(17(25)26)21(6-5-19-10(2)22)16(24)13-8-15(23)20-14-7-11(18)3-4-12(13)14/h3-4,7,9,13H,5-6,8H2,1-2H3,(H,19,22)(H,20,23)(H,25,26). The fourth-order valence-electron chi connectivity index (χ4n) is 2.84. The Morgan fingerprint density at radius 2 is 2.12 bits per heavy atom. The van der Waals surface area contributed by atoms with E-state index in [1.54, 1.807) is 0 Å². The maximum Gasteiger partial charge on any atom is 0.326 e. The Balaban J connectivity index is 2.31. The lowest BCUT2D eigenvalue weighted by Gasteiger charge is -2.33. The van der Waals surface area contributed by atoms with Crippen LogP contribution in [0.25, 0.3) is 0 Å². The number of hydrogen-bond donors (Lipinski definition) is 3. The monoisotopic (exact) mass is 365 g/mol. The van der Waals surface area contributed by atoms with E-state index >= 15 is 0 Å². The second-order valence-electron chi connectivity index (χ2n) is 6.07. The summed E-state index contributed by atoms with van der Waals surface area (Å²) in [7, 11) is 0. The van der Waals surface area contributed by atoms with Gasteiger partial charge < -0.3 is 20.6 Å². The van der Waals surface area contributed by atoms with Crippen LogP contribution >= 0.6 is 0 Å². The molecule has 2 unspecified atom stereocenters. The van der Waals surface area contributed by atoms with E-state index in [9.17, 15) is 28.7 Å². The number of carboxylic acids is 1. The molecule has 26 heavy (non-hydrogen) atoms. The van der Waals surface area contributed by atoms with E-state index in [1.165, 1.54) is 26.0 Å².